The van der Waals surface area contributed by atoms with Crippen LogP contribution >= 0.6 is 0 Å². The number of benzene rings is 4. The maximum absolute atomic E-state index is 12.8. The van der Waals surface area contributed by atoms with Crippen molar-refractivity contribution < 1.29 is 75.8 Å². The van der Waals surface area contributed by atoms with Gasteiger partial charge >= 0.3 is 71.1 Å². The number of hydrogen-bond acceptors (Lipinski definition) is 12. The van der Waals surface area contributed by atoms with E-state index in [2.05, 4.69) is 10.6 Å². The number of phenols is 4. The Morgan fingerprint density at radius 2 is 0.788 bits per heavy atom. The fourth-order valence-electron chi connectivity index (χ4n) is 4.57. The average Bonchev–Trinajstić information content (AvgIpc) is 3.01. The Bertz CT molecular complexity index is 2220. The molecule has 0 saturated carbocycles. The first-order valence-electron chi connectivity index (χ1n) is 13.3. The second kappa shape index (κ2) is 16.9. The van der Waals surface area contributed by atoms with E-state index >= 15 is 0 Å². The van der Waals surface area contributed by atoms with Crippen LogP contribution in [-0.2, 0) is 20.2 Å². The van der Waals surface area contributed by atoms with E-state index in [0.717, 1.165) is 72.8 Å². The minimum absolute atomic E-state index is 0. The molecule has 4 aromatic carbocycles. The number of carbonyl (C=O) groups excluding carboxylic acids is 2. The molecule has 2 amide bonds. The van der Waals surface area contributed by atoms with Crippen LogP contribution in [0.3, 0.4) is 0 Å². The molecule has 52 heavy (non-hydrogen) atoms. The normalized spacial score (nSPS) is 11.2. The van der Waals surface area contributed by atoms with Crippen LogP contribution < -0.4 is 10.6 Å². The number of phenolic OH excluding ortho intramolecular Hbond substituents is 2. The molecule has 0 aromatic heterocycles. The minimum atomic E-state index is -5.08. The Labute approximate surface area is 337 Å². The van der Waals surface area contributed by atoms with Crippen LogP contribution in [0.5, 0.6) is 23.0 Å². The first-order valence-corrected chi connectivity index (χ1v) is 16.2. The van der Waals surface area contributed by atoms with Gasteiger partial charge in [0.15, 0.2) is 0 Å². The van der Waals surface area contributed by atoms with Crippen LogP contribution in [0, 0.1) is 0 Å². The molecular weight excluding hydrogens is 754 g/mol. The topological polar surface area (TPSA) is 322 Å². The number of aromatic hydroxyl groups is 4. The zero-order valence-electron chi connectivity index (χ0n) is 24.6. The molecule has 0 bridgehead atoms. The van der Waals surface area contributed by atoms with E-state index in [4.69, 9.17) is 0 Å². The number of carbonyl (C=O) groups is 4. The molecule has 0 fully saturated rings. The molecule has 0 saturated heterocycles. The molecule has 0 unspecified atom stereocenters. The Kier molecular flexibility index (Phi) is 14.2. The van der Waals surface area contributed by atoms with E-state index in [1.165, 1.54) is 0 Å². The number of rotatable bonds is 10. The van der Waals surface area contributed by atoms with Gasteiger partial charge in [0, 0.05) is 11.4 Å². The first kappa shape index (κ1) is 43.7. The van der Waals surface area contributed by atoms with Crippen molar-refractivity contribution in [2.24, 2.45) is 0 Å². The quantitative estimate of drug-likeness (QED) is 0.0475. The molecule has 0 aliphatic carbocycles. The summed E-state index contributed by atoms with van der Waals surface area (Å²) in [6.07, 6.45) is 1.95. The van der Waals surface area contributed by atoms with Crippen molar-refractivity contribution in [2.45, 2.75) is 9.79 Å². The summed E-state index contributed by atoms with van der Waals surface area (Å²) in [5, 5.41) is 62.8. The van der Waals surface area contributed by atoms with E-state index in [-0.39, 0.29) is 81.6 Å². The van der Waals surface area contributed by atoms with Crippen molar-refractivity contribution in [3.05, 3.63) is 94.0 Å². The summed E-state index contributed by atoms with van der Waals surface area (Å²) in [7, 11) is -10.2. The van der Waals surface area contributed by atoms with Gasteiger partial charge in [-0.25, -0.2) is 9.59 Å². The number of aromatic carboxylic acids is 2. The van der Waals surface area contributed by atoms with Crippen molar-refractivity contribution in [3.8, 4) is 23.0 Å². The van der Waals surface area contributed by atoms with Crippen LogP contribution in [0.2, 0.25) is 0 Å². The molecule has 4 aromatic rings. The Morgan fingerprint density at radius 3 is 1.06 bits per heavy atom. The van der Waals surface area contributed by atoms with Gasteiger partial charge in [0.2, 0.25) is 0 Å². The van der Waals surface area contributed by atoms with E-state index in [9.17, 15) is 75.8 Å². The van der Waals surface area contributed by atoms with E-state index in [0.29, 0.717) is 0 Å². The van der Waals surface area contributed by atoms with Crippen molar-refractivity contribution in [1.82, 2.24) is 0 Å². The third kappa shape index (κ3) is 9.68. The number of amides is 2. The van der Waals surface area contributed by atoms with E-state index in [1.54, 1.807) is 0 Å². The van der Waals surface area contributed by atoms with Gasteiger partial charge in [-0.1, -0.05) is 24.3 Å². The summed E-state index contributed by atoms with van der Waals surface area (Å²) in [6, 6.07) is 9.00. The van der Waals surface area contributed by atoms with Crippen molar-refractivity contribution in [3.63, 3.8) is 0 Å². The SMILES string of the molecule is O=C(O)c1c(O)ccc(O)c1C(=O)Nc1ccc(/C=C/c2ccc(NC(=O)c3c(O)ccc(O)c3C(=O)O)cc2S(=O)(=O)O)c(S(=O)(=O)O)c1.[NaH].[NaH]. The Morgan fingerprint density at radius 1 is 0.500 bits per heavy atom. The molecule has 0 aliphatic heterocycles. The van der Waals surface area contributed by atoms with Crippen LogP contribution in [0.15, 0.2) is 70.5 Å². The van der Waals surface area contributed by atoms with Gasteiger partial charge in [-0.05, 0) is 59.7 Å². The Hall–Kier alpha value is -4.48. The van der Waals surface area contributed by atoms with Gasteiger partial charge in [0.05, 0.1) is 11.1 Å². The molecule has 0 radical (unpaired) electrons. The molecule has 0 spiro atoms. The van der Waals surface area contributed by atoms with Gasteiger partial charge in [-0.2, -0.15) is 16.8 Å². The third-order valence-electron chi connectivity index (χ3n) is 6.75. The van der Waals surface area contributed by atoms with Gasteiger partial charge < -0.3 is 41.3 Å². The number of carboxylic acid groups (broad SMARTS) is 2. The molecule has 0 heterocycles. The monoisotopic (exact) mass is 778 g/mol. The maximum atomic E-state index is 12.8. The summed E-state index contributed by atoms with van der Waals surface area (Å²) in [5.41, 5.74) is -4.96. The standard InChI is InChI=1S/C30H22N2O16S2.2Na.2H/c33-17-7-9-19(35)25(29(39)40)23(17)27(37)31-15-5-3-13(21(11-15)49(43,44)45)1-2-14-4-6-16(12-22(14)50(46,47)48)32-28(38)24-18(34)8-10-20(36)26(24)30(41)42;;;;/h1-12,33-36H,(H,31,37)(H,32,38)(H,39,40)(H,41,42)(H,43,44,45)(H,46,47,48);;;;/b2-1+;;;;. The molecule has 0 aliphatic rings. The van der Waals surface area contributed by atoms with Gasteiger partial charge in [-0.15, -0.1) is 0 Å². The second-order valence-electron chi connectivity index (χ2n) is 10.0. The van der Waals surface area contributed by atoms with Crippen molar-refractivity contribution in [1.29, 1.82) is 0 Å². The predicted molar refractivity (Wildman–Crippen MR) is 185 cm³/mol. The van der Waals surface area contributed by atoms with E-state index < -0.39 is 99.0 Å². The first-order chi connectivity index (χ1) is 23.2. The second-order valence-corrected chi connectivity index (χ2v) is 12.8. The number of anilines is 2. The molecular formula is C30H24N2Na2O16S2. The predicted octanol–water partition coefficient (Wildman–Crippen LogP) is 1.78. The van der Waals surface area contributed by atoms with Crippen LogP contribution in [0.25, 0.3) is 12.2 Å². The number of carboxylic acids is 2. The van der Waals surface area contributed by atoms with Crippen LogP contribution in [0.1, 0.15) is 52.6 Å². The van der Waals surface area contributed by atoms with Crippen molar-refractivity contribution >= 4 is 127 Å². The van der Waals surface area contributed by atoms with Gasteiger partial charge in [0.1, 0.15) is 43.9 Å². The molecule has 10 N–H and O–H groups in total. The summed E-state index contributed by atoms with van der Waals surface area (Å²) < 4.78 is 68.6. The van der Waals surface area contributed by atoms with Crippen LogP contribution in [-0.4, -0.2) is 139 Å². The Balaban J connectivity index is 0.00000468. The zero-order valence-corrected chi connectivity index (χ0v) is 26.2. The molecule has 4 rings (SSSR count). The van der Waals surface area contributed by atoms with Crippen LogP contribution in [0.4, 0.5) is 11.4 Å². The molecule has 264 valence electrons. The molecule has 22 heteroatoms. The summed E-state index contributed by atoms with van der Waals surface area (Å²) in [6.45, 7) is 0. The fraction of sp³-hybridized carbons (Fsp3) is 0. The summed E-state index contributed by atoms with van der Waals surface area (Å²) in [5.74, 6) is -9.52. The average molecular weight is 779 g/mol. The van der Waals surface area contributed by atoms with Gasteiger partial charge in [-0.3, -0.25) is 18.7 Å². The van der Waals surface area contributed by atoms with E-state index in [1.807, 2.05) is 0 Å². The fourth-order valence-corrected chi connectivity index (χ4v) is 5.99. The molecule has 0 atom stereocenters. The summed E-state index contributed by atoms with van der Waals surface area (Å²) in [4.78, 5) is 47.1. The number of hydrogen-bond donors (Lipinski definition) is 10. The summed E-state index contributed by atoms with van der Waals surface area (Å²) >= 11 is 0. The zero-order chi connectivity index (χ0) is 37.3. The molecule has 18 nitrogen and oxygen atoms in total. The van der Waals surface area contributed by atoms with Crippen molar-refractivity contribution in [2.75, 3.05) is 10.6 Å². The van der Waals surface area contributed by atoms with Gasteiger partial charge in [0.25, 0.3) is 32.1 Å². The third-order valence-corrected chi connectivity index (χ3v) is 8.56. The number of nitrogens with one attached hydrogen (secondary N) is 2.